The van der Waals surface area contributed by atoms with Crippen molar-refractivity contribution in [3.63, 3.8) is 0 Å². The molecule has 8 nitrogen and oxygen atoms in total. The average Bonchev–Trinajstić information content (AvgIpc) is 3.13. The zero-order valence-corrected chi connectivity index (χ0v) is 18.7. The molecule has 2 aromatic carbocycles. The summed E-state index contributed by atoms with van der Waals surface area (Å²) >= 11 is 11.8. The van der Waals surface area contributed by atoms with Crippen molar-refractivity contribution in [2.24, 2.45) is 0 Å². The lowest BCUT2D eigenvalue weighted by atomic mass is 10.2. The van der Waals surface area contributed by atoms with Crippen LogP contribution in [-0.4, -0.2) is 55.0 Å². The first-order valence-corrected chi connectivity index (χ1v) is 11.5. The van der Waals surface area contributed by atoms with Crippen LogP contribution in [0.1, 0.15) is 12.0 Å². The molecule has 1 aliphatic heterocycles. The van der Waals surface area contributed by atoms with E-state index in [9.17, 15) is 23.1 Å². The van der Waals surface area contributed by atoms with E-state index in [1.165, 1.54) is 24.3 Å². The van der Waals surface area contributed by atoms with Gasteiger partial charge in [-0.15, -0.1) is 0 Å². The second kappa shape index (κ2) is 9.54. The Morgan fingerprint density at radius 2 is 1.87 bits per heavy atom. The molecule has 0 spiro atoms. The summed E-state index contributed by atoms with van der Waals surface area (Å²) in [5.74, 6) is -1.53. The number of benzene rings is 2. The molecule has 0 aliphatic carbocycles. The van der Waals surface area contributed by atoms with Crippen molar-refractivity contribution in [2.75, 3.05) is 18.5 Å². The highest BCUT2D eigenvalue weighted by atomic mass is 35.5. The summed E-state index contributed by atoms with van der Waals surface area (Å²) in [5, 5.41) is 13.4. The summed E-state index contributed by atoms with van der Waals surface area (Å²) in [6, 6.07) is 9.18. The van der Waals surface area contributed by atoms with Crippen molar-refractivity contribution in [1.82, 2.24) is 4.31 Å². The van der Waals surface area contributed by atoms with Crippen LogP contribution in [0.5, 0.6) is 0 Å². The SMILES string of the molecule is Cc1c(Cl)cccc1NC(=O)COC(=O)[C@@H]1CC(O)CN1S(=O)(=O)c1ccc(Cl)cc1. The fourth-order valence-electron chi connectivity index (χ4n) is 3.17. The van der Waals surface area contributed by atoms with Crippen LogP contribution in [0.25, 0.3) is 0 Å². The lowest BCUT2D eigenvalue weighted by molar-refractivity contribution is -0.150. The molecule has 0 bridgehead atoms. The van der Waals surface area contributed by atoms with Gasteiger partial charge in [0.05, 0.1) is 11.0 Å². The number of sulfonamides is 1. The molecule has 2 N–H and O–H groups in total. The van der Waals surface area contributed by atoms with Gasteiger partial charge in [-0.1, -0.05) is 29.3 Å². The summed E-state index contributed by atoms with van der Waals surface area (Å²) in [5.41, 5.74) is 1.12. The highest BCUT2D eigenvalue weighted by Crippen LogP contribution is 2.28. The molecule has 1 fully saturated rings. The Kier molecular flexibility index (Phi) is 7.23. The number of carbonyl (C=O) groups is 2. The van der Waals surface area contributed by atoms with Gasteiger partial charge >= 0.3 is 5.97 Å². The number of esters is 1. The van der Waals surface area contributed by atoms with Gasteiger partial charge in [0.2, 0.25) is 10.0 Å². The Bertz CT molecular complexity index is 1090. The minimum Gasteiger partial charge on any atom is -0.454 e. The number of aliphatic hydroxyl groups excluding tert-OH is 1. The monoisotopic (exact) mass is 486 g/mol. The fraction of sp³-hybridized carbons (Fsp3) is 0.300. The summed E-state index contributed by atoms with van der Waals surface area (Å²) in [4.78, 5) is 24.6. The van der Waals surface area contributed by atoms with Gasteiger partial charge in [0, 0.05) is 28.7 Å². The number of nitrogens with one attached hydrogen (secondary N) is 1. The van der Waals surface area contributed by atoms with Crippen molar-refractivity contribution in [3.05, 3.63) is 58.1 Å². The normalized spacial score (nSPS) is 19.2. The number of nitrogens with zero attached hydrogens (tertiary/aromatic N) is 1. The van der Waals surface area contributed by atoms with Crippen molar-refractivity contribution in [3.8, 4) is 0 Å². The van der Waals surface area contributed by atoms with Crippen molar-refractivity contribution >= 4 is 50.8 Å². The molecule has 0 saturated carbocycles. The van der Waals surface area contributed by atoms with Gasteiger partial charge in [-0.2, -0.15) is 4.31 Å². The van der Waals surface area contributed by atoms with E-state index in [1.807, 2.05) is 0 Å². The quantitative estimate of drug-likeness (QED) is 0.606. The van der Waals surface area contributed by atoms with E-state index in [2.05, 4.69) is 5.32 Å². The summed E-state index contributed by atoms with van der Waals surface area (Å²) in [6.45, 7) is 0.841. The number of halogens is 2. The molecule has 1 amide bonds. The molecule has 1 heterocycles. The minimum absolute atomic E-state index is 0.0713. The maximum absolute atomic E-state index is 12.9. The summed E-state index contributed by atoms with van der Waals surface area (Å²) < 4.78 is 31.8. The number of β-amino-alcohol motifs (C(OH)–C–C–N with tert-alkyl or cyclic N) is 1. The Morgan fingerprint density at radius 3 is 2.55 bits per heavy atom. The predicted molar refractivity (Wildman–Crippen MR) is 116 cm³/mol. The fourth-order valence-corrected chi connectivity index (χ4v) is 5.10. The largest absolute Gasteiger partial charge is 0.454 e. The number of anilines is 1. The first-order valence-electron chi connectivity index (χ1n) is 9.26. The van der Waals surface area contributed by atoms with Crippen molar-refractivity contribution < 1.29 is 27.9 Å². The number of amides is 1. The van der Waals surface area contributed by atoms with Gasteiger partial charge in [0.15, 0.2) is 6.61 Å². The second-order valence-electron chi connectivity index (χ2n) is 7.00. The number of carbonyl (C=O) groups excluding carboxylic acids is 2. The maximum Gasteiger partial charge on any atom is 0.325 e. The third-order valence-corrected chi connectivity index (χ3v) is 7.36. The highest BCUT2D eigenvalue weighted by Gasteiger charge is 2.44. The first kappa shape index (κ1) is 23.5. The molecule has 0 radical (unpaired) electrons. The van der Waals surface area contributed by atoms with Gasteiger partial charge in [0.1, 0.15) is 6.04 Å². The number of aliphatic hydroxyl groups is 1. The standard InChI is InChI=1S/C20H20Cl2N2O6S/c1-12-16(22)3-2-4-17(12)23-19(26)11-30-20(27)18-9-14(25)10-24(18)31(28,29)15-7-5-13(21)6-8-15/h2-8,14,18,25H,9-11H2,1H3,(H,23,26)/t14?,18-/m0/s1. The van der Waals surface area contributed by atoms with Crippen LogP contribution in [0.3, 0.4) is 0 Å². The van der Waals surface area contributed by atoms with Gasteiger partial charge in [-0.05, 0) is 48.9 Å². The Balaban J connectivity index is 1.67. The Hall–Kier alpha value is -2.17. The molecular formula is C20H20Cl2N2O6S. The van der Waals surface area contributed by atoms with Crippen LogP contribution in [0.2, 0.25) is 10.0 Å². The Labute approximate surface area is 189 Å². The molecule has 11 heteroatoms. The van der Waals surface area contributed by atoms with E-state index in [-0.39, 0.29) is 17.9 Å². The van der Waals surface area contributed by atoms with Crippen molar-refractivity contribution in [1.29, 1.82) is 0 Å². The third-order valence-electron chi connectivity index (χ3n) is 4.81. The van der Waals surface area contributed by atoms with Crippen LogP contribution >= 0.6 is 23.2 Å². The van der Waals surface area contributed by atoms with Crippen LogP contribution in [0.4, 0.5) is 5.69 Å². The zero-order valence-electron chi connectivity index (χ0n) is 16.4. The van der Waals surface area contributed by atoms with Crippen LogP contribution in [0, 0.1) is 6.92 Å². The van der Waals surface area contributed by atoms with E-state index in [0.717, 1.165) is 4.31 Å². The molecule has 1 unspecified atom stereocenters. The number of rotatable bonds is 6. The molecule has 3 rings (SSSR count). The predicted octanol–water partition coefficient (Wildman–Crippen LogP) is 2.61. The molecule has 31 heavy (non-hydrogen) atoms. The lowest BCUT2D eigenvalue weighted by Gasteiger charge is -2.22. The average molecular weight is 487 g/mol. The van der Waals surface area contributed by atoms with Gasteiger partial charge in [-0.25, -0.2) is 8.42 Å². The zero-order chi connectivity index (χ0) is 22.8. The van der Waals surface area contributed by atoms with E-state index in [1.54, 1.807) is 25.1 Å². The molecule has 166 valence electrons. The number of ether oxygens (including phenoxy) is 1. The van der Waals surface area contributed by atoms with E-state index >= 15 is 0 Å². The maximum atomic E-state index is 12.9. The first-order chi connectivity index (χ1) is 14.6. The third kappa shape index (κ3) is 5.36. The van der Waals surface area contributed by atoms with Crippen LogP contribution in [-0.2, 0) is 24.3 Å². The number of hydrogen-bond donors (Lipinski definition) is 2. The van der Waals surface area contributed by atoms with Crippen molar-refractivity contribution in [2.45, 2.75) is 30.4 Å². The Morgan fingerprint density at radius 1 is 1.19 bits per heavy atom. The molecule has 2 atom stereocenters. The summed E-state index contributed by atoms with van der Waals surface area (Å²) in [7, 11) is -4.08. The van der Waals surface area contributed by atoms with Gasteiger partial charge in [0.25, 0.3) is 5.91 Å². The number of hydrogen-bond acceptors (Lipinski definition) is 6. The minimum atomic E-state index is -4.08. The van der Waals surface area contributed by atoms with Crippen LogP contribution in [0.15, 0.2) is 47.4 Å². The van der Waals surface area contributed by atoms with E-state index < -0.39 is 40.7 Å². The molecule has 1 saturated heterocycles. The molecule has 0 aromatic heterocycles. The van der Waals surface area contributed by atoms with Gasteiger partial charge < -0.3 is 15.2 Å². The van der Waals surface area contributed by atoms with E-state index in [0.29, 0.717) is 21.3 Å². The lowest BCUT2D eigenvalue weighted by Crippen LogP contribution is -2.42. The van der Waals surface area contributed by atoms with Gasteiger partial charge in [-0.3, -0.25) is 9.59 Å². The highest BCUT2D eigenvalue weighted by molar-refractivity contribution is 7.89. The van der Waals surface area contributed by atoms with Crippen LogP contribution < -0.4 is 5.32 Å². The molecule has 1 aliphatic rings. The smallest absolute Gasteiger partial charge is 0.325 e. The second-order valence-corrected chi connectivity index (χ2v) is 9.74. The topological polar surface area (TPSA) is 113 Å². The molecular weight excluding hydrogens is 467 g/mol. The summed E-state index contributed by atoms with van der Waals surface area (Å²) in [6.07, 6.45) is -1.18. The molecule has 2 aromatic rings. The van der Waals surface area contributed by atoms with E-state index in [4.69, 9.17) is 27.9 Å².